The number of nitrogens with one attached hydrogen (secondary N) is 1. The molecule has 1 N–H and O–H groups in total. The van der Waals surface area contributed by atoms with Crippen LogP contribution in [0.15, 0.2) is 42.6 Å². The van der Waals surface area contributed by atoms with Crippen LogP contribution in [-0.4, -0.2) is 34.5 Å². The lowest BCUT2D eigenvalue weighted by Gasteiger charge is -2.26. The van der Waals surface area contributed by atoms with Crippen molar-refractivity contribution in [2.45, 2.75) is 45.6 Å². The normalized spacial score (nSPS) is 16.4. The molecule has 1 aromatic heterocycles. The molecule has 9 nitrogen and oxygen atoms in total. The molecule has 0 bridgehead atoms. The fourth-order valence-corrected chi connectivity index (χ4v) is 4.19. The largest absolute Gasteiger partial charge is 0.443 e. The molecular weight excluding hydrogens is 468 g/mol. The van der Waals surface area contributed by atoms with Gasteiger partial charge in [-0.15, -0.1) is 0 Å². The molecule has 37 heavy (non-hydrogen) atoms. The number of fused-ring (bicyclic) bond motifs is 1. The van der Waals surface area contributed by atoms with Crippen LogP contribution in [0, 0.1) is 29.6 Å². The zero-order chi connectivity index (χ0) is 27.0. The van der Waals surface area contributed by atoms with Gasteiger partial charge in [-0.3, -0.25) is 4.90 Å². The Labute approximate surface area is 215 Å². The summed E-state index contributed by atoms with van der Waals surface area (Å²) in [5.41, 5.74) is 2.62. The first-order valence-corrected chi connectivity index (χ1v) is 11.6. The second kappa shape index (κ2) is 9.36. The third-order valence-electron chi connectivity index (χ3n) is 6.04. The van der Waals surface area contributed by atoms with Crippen LogP contribution in [-0.2, 0) is 14.9 Å². The zero-order valence-corrected chi connectivity index (χ0v) is 21.3. The number of rotatable bonds is 4. The maximum atomic E-state index is 13.0. The van der Waals surface area contributed by atoms with Crippen LogP contribution in [0.2, 0.25) is 0 Å². The van der Waals surface area contributed by atoms with Crippen LogP contribution in [0.3, 0.4) is 0 Å². The van der Waals surface area contributed by atoms with Gasteiger partial charge in [-0.1, -0.05) is 6.07 Å². The Hall–Kier alpha value is -4.76. The monoisotopic (exact) mass is 494 g/mol. The molecule has 1 atom stereocenters. The highest BCUT2D eigenvalue weighted by molar-refractivity contribution is 5.98. The SMILES string of the molecule is Cc1ccc(C#N)cc1Nc1nccc(-c2cc(C#N)c3c(c2)[C@@](C)(C=O)CN3C(=O)OC(C)(C)C)n1. The first-order valence-electron chi connectivity index (χ1n) is 11.6. The van der Waals surface area contributed by atoms with E-state index < -0.39 is 17.1 Å². The Morgan fingerprint density at radius 3 is 2.59 bits per heavy atom. The predicted octanol–water partition coefficient (Wildman–Crippen LogP) is 5.15. The second-order valence-electron chi connectivity index (χ2n) is 10.2. The number of benzene rings is 2. The van der Waals surface area contributed by atoms with E-state index in [1.54, 1.807) is 64.2 Å². The van der Waals surface area contributed by atoms with Gasteiger partial charge in [0.1, 0.15) is 18.0 Å². The number of aryl methyl sites for hydroxylation is 1. The van der Waals surface area contributed by atoms with Gasteiger partial charge in [-0.2, -0.15) is 10.5 Å². The number of aromatic nitrogens is 2. The fourth-order valence-electron chi connectivity index (χ4n) is 4.19. The maximum absolute atomic E-state index is 13.0. The summed E-state index contributed by atoms with van der Waals surface area (Å²) in [6, 6.07) is 14.7. The Kier molecular flexibility index (Phi) is 6.41. The van der Waals surface area contributed by atoms with Gasteiger partial charge in [-0.05, 0) is 76.1 Å². The van der Waals surface area contributed by atoms with Gasteiger partial charge in [0.05, 0.1) is 34.0 Å². The smallest absolute Gasteiger partial charge is 0.414 e. The summed E-state index contributed by atoms with van der Waals surface area (Å²) >= 11 is 0. The van der Waals surface area contributed by atoms with E-state index in [1.807, 2.05) is 13.0 Å². The number of carbonyl (C=O) groups is 2. The van der Waals surface area contributed by atoms with Crippen LogP contribution >= 0.6 is 0 Å². The van der Waals surface area contributed by atoms with E-state index in [2.05, 4.69) is 27.4 Å². The summed E-state index contributed by atoms with van der Waals surface area (Å²) in [6.45, 7) is 8.97. The molecule has 0 radical (unpaired) electrons. The number of carbonyl (C=O) groups excluding carboxylic acids is 2. The number of nitriles is 2. The molecule has 9 heteroatoms. The average Bonchev–Trinajstić information content (AvgIpc) is 3.17. The Morgan fingerprint density at radius 1 is 1.19 bits per heavy atom. The van der Waals surface area contributed by atoms with Crippen LogP contribution in [0.25, 0.3) is 11.3 Å². The van der Waals surface area contributed by atoms with Gasteiger partial charge in [-0.25, -0.2) is 14.8 Å². The van der Waals surface area contributed by atoms with E-state index >= 15 is 0 Å². The van der Waals surface area contributed by atoms with E-state index in [0.717, 1.165) is 11.8 Å². The van der Waals surface area contributed by atoms with Gasteiger partial charge in [0.25, 0.3) is 0 Å². The minimum absolute atomic E-state index is 0.0595. The zero-order valence-electron chi connectivity index (χ0n) is 21.3. The van der Waals surface area contributed by atoms with E-state index in [-0.39, 0.29) is 12.1 Å². The lowest BCUT2D eigenvalue weighted by molar-refractivity contribution is -0.111. The second-order valence-corrected chi connectivity index (χ2v) is 10.2. The molecule has 1 aliphatic heterocycles. The molecule has 0 aliphatic carbocycles. The van der Waals surface area contributed by atoms with E-state index in [0.29, 0.717) is 39.7 Å². The minimum atomic E-state index is -1.03. The number of aldehydes is 1. The molecule has 2 heterocycles. The third kappa shape index (κ3) is 4.98. The number of amides is 1. The summed E-state index contributed by atoms with van der Waals surface area (Å²) in [5, 5.41) is 22.4. The van der Waals surface area contributed by atoms with Gasteiger partial charge in [0.2, 0.25) is 5.95 Å². The topological polar surface area (TPSA) is 132 Å². The molecule has 1 aliphatic rings. The molecule has 2 aromatic carbocycles. The lowest BCUT2D eigenvalue weighted by atomic mass is 9.84. The van der Waals surface area contributed by atoms with Crippen molar-refractivity contribution in [1.29, 1.82) is 10.5 Å². The highest BCUT2D eigenvalue weighted by Crippen LogP contribution is 2.44. The van der Waals surface area contributed by atoms with Gasteiger partial charge in [0, 0.05) is 24.0 Å². The van der Waals surface area contributed by atoms with Crippen molar-refractivity contribution in [3.05, 3.63) is 64.8 Å². The molecule has 3 aromatic rings. The fraction of sp³-hybridized carbons (Fsp3) is 0.286. The first-order chi connectivity index (χ1) is 17.5. The highest BCUT2D eigenvalue weighted by Gasteiger charge is 2.44. The van der Waals surface area contributed by atoms with Crippen molar-refractivity contribution in [1.82, 2.24) is 9.97 Å². The lowest BCUT2D eigenvalue weighted by Crippen LogP contribution is -2.39. The summed E-state index contributed by atoms with van der Waals surface area (Å²) in [7, 11) is 0. The first kappa shape index (κ1) is 25.3. The summed E-state index contributed by atoms with van der Waals surface area (Å²) < 4.78 is 5.54. The van der Waals surface area contributed by atoms with Crippen LogP contribution in [0.1, 0.15) is 49.9 Å². The van der Waals surface area contributed by atoms with Gasteiger partial charge in [0.15, 0.2) is 0 Å². The van der Waals surface area contributed by atoms with E-state index in [1.165, 1.54) is 4.90 Å². The predicted molar refractivity (Wildman–Crippen MR) is 138 cm³/mol. The maximum Gasteiger partial charge on any atom is 0.414 e. The summed E-state index contributed by atoms with van der Waals surface area (Å²) in [5.74, 6) is 0.309. The summed E-state index contributed by atoms with van der Waals surface area (Å²) in [4.78, 5) is 35.4. The molecule has 0 unspecified atom stereocenters. The Balaban J connectivity index is 1.77. The molecular formula is C28H26N6O3. The average molecular weight is 495 g/mol. The van der Waals surface area contributed by atoms with Crippen LogP contribution < -0.4 is 10.2 Å². The number of anilines is 3. The molecule has 1 amide bonds. The summed E-state index contributed by atoms with van der Waals surface area (Å²) in [6.07, 6.45) is 1.75. The van der Waals surface area contributed by atoms with Crippen molar-refractivity contribution < 1.29 is 14.3 Å². The standard InChI is InChI=1S/C28H26N6O3/c1-17-6-7-18(13-29)10-23(17)33-25-31-9-8-22(32-25)19-11-20(14-30)24-21(12-19)28(5,16-35)15-34(24)26(36)37-27(2,3)4/h6-12,16H,15H2,1-5H3,(H,31,32,33)/t28-/m1/s1. The van der Waals surface area contributed by atoms with Crippen LogP contribution in [0.4, 0.5) is 22.1 Å². The Bertz CT molecular complexity index is 1500. The highest BCUT2D eigenvalue weighted by atomic mass is 16.6. The minimum Gasteiger partial charge on any atom is -0.443 e. The molecule has 0 saturated carbocycles. The van der Waals surface area contributed by atoms with Crippen molar-refractivity contribution in [2.24, 2.45) is 0 Å². The van der Waals surface area contributed by atoms with E-state index in [9.17, 15) is 20.1 Å². The number of hydrogen-bond donors (Lipinski definition) is 1. The van der Waals surface area contributed by atoms with Crippen molar-refractivity contribution >= 4 is 29.7 Å². The van der Waals surface area contributed by atoms with Gasteiger partial charge < -0.3 is 14.8 Å². The molecule has 0 spiro atoms. The van der Waals surface area contributed by atoms with Crippen molar-refractivity contribution in [3.8, 4) is 23.4 Å². The van der Waals surface area contributed by atoms with Crippen LogP contribution in [0.5, 0.6) is 0 Å². The quantitative estimate of drug-likeness (QED) is 0.493. The van der Waals surface area contributed by atoms with E-state index in [4.69, 9.17) is 4.74 Å². The number of ether oxygens (including phenoxy) is 1. The molecule has 0 saturated heterocycles. The number of hydrogen-bond acceptors (Lipinski definition) is 8. The van der Waals surface area contributed by atoms with Gasteiger partial charge >= 0.3 is 6.09 Å². The Morgan fingerprint density at radius 2 is 1.95 bits per heavy atom. The number of nitrogens with zero attached hydrogens (tertiary/aromatic N) is 5. The molecule has 4 rings (SSSR count). The van der Waals surface area contributed by atoms with Crippen molar-refractivity contribution in [3.63, 3.8) is 0 Å². The van der Waals surface area contributed by atoms with Crippen molar-refractivity contribution in [2.75, 3.05) is 16.8 Å². The third-order valence-corrected chi connectivity index (χ3v) is 6.04. The molecule has 186 valence electrons. The molecule has 0 fully saturated rings.